The van der Waals surface area contributed by atoms with Crippen molar-refractivity contribution in [2.45, 2.75) is 45.2 Å². The molecule has 2 aliphatic heterocycles. The summed E-state index contributed by atoms with van der Waals surface area (Å²) in [5.74, 6) is 2.56. The van der Waals surface area contributed by atoms with E-state index in [4.69, 9.17) is 9.47 Å². The summed E-state index contributed by atoms with van der Waals surface area (Å²) in [6.07, 6.45) is 3.24. The first-order valence-corrected chi connectivity index (χ1v) is 9.55. The maximum atomic E-state index is 12.9. The Morgan fingerprint density at radius 1 is 1.15 bits per heavy atom. The number of methoxy groups -OCH3 is 2. The van der Waals surface area contributed by atoms with Crippen LogP contribution in [0.2, 0.25) is 0 Å². The molecule has 0 aliphatic carbocycles. The zero-order valence-electron chi connectivity index (χ0n) is 16.2. The molecule has 3 rings (SSSR count). The van der Waals surface area contributed by atoms with Crippen molar-refractivity contribution in [1.29, 1.82) is 0 Å². The number of hydrogen-bond acceptors (Lipinski definition) is 5. The number of piperidine rings is 1. The normalized spacial score (nSPS) is 24.1. The van der Waals surface area contributed by atoms with Crippen molar-refractivity contribution in [2.75, 3.05) is 27.3 Å². The van der Waals surface area contributed by atoms with Gasteiger partial charge in [-0.05, 0) is 43.2 Å². The summed E-state index contributed by atoms with van der Waals surface area (Å²) >= 11 is 0. The molecule has 0 saturated carbocycles. The van der Waals surface area contributed by atoms with E-state index >= 15 is 0 Å². The highest BCUT2D eigenvalue weighted by Gasteiger charge is 2.34. The minimum atomic E-state index is 0.0421. The van der Waals surface area contributed by atoms with Crippen molar-refractivity contribution >= 4 is 5.91 Å². The monoisotopic (exact) mass is 361 g/mol. The average molecular weight is 361 g/mol. The summed E-state index contributed by atoms with van der Waals surface area (Å²) in [6, 6.07) is 6.42. The van der Waals surface area contributed by atoms with Gasteiger partial charge in [-0.1, -0.05) is 13.8 Å². The number of benzene rings is 1. The van der Waals surface area contributed by atoms with Gasteiger partial charge in [-0.3, -0.25) is 15.6 Å². The molecular formula is C20H31N3O3. The van der Waals surface area contributed by atoms with E-state index in [1.54, 1.807) is 26.4 Å². The molecule has 2 N–H and O–H groups in total. The van der Waals surface area contributed by atoms with E-state index in [0.29, 0.717) is 41.0 Å². The Bertz CT molecular complexity index is 627. The van der Waals surface area contributed by atoms with Crippen LogP contribution in [-0.2, 0) is 0 Å². The van der Waals surface area contributed by atoms with E-state index in [9.17, 15) is 4.79 Å². The largest absolute Gasteiger partial charge is 0.497 e. The lowest BCUT2D eigenvalue weighted by Crippen LogP contribution is -2.44. The van der Waals surface area contributed by atoms with Crippen molar-refractivity contribution in [2.24, 2.45) is 11.8 Å². The predicted octanol–water partition coefficient (Wildman–Crippen LogP) is 2.45. The van der Waals surface area contributed by atoms with Gasteiger partial charge in [0.1, 0.15) is 11.5 Å². The molecule has 6 heteroatoms. The molecule has 0 radical (unpaired) electrons. The number of hydrazine groups is 1. The second-order valence-electron chi connectivity index (χ2n) is 7.68. The van der Waals surface area contributed by atoms with E-state index in [2.05, 4.69) is 24.7 Å². The number of hydrogen-bond donors (Lipinski definition) is 2. The molecule has 1 aromatic carbocycles. The van der Waals surface area contributed by atoms with Crippen LogP contribution in [0.1, 0.15) is 43.5 Å². The first-order chi connectivity index (χ1) is 12.5. The molecule has 0 aromatic heterocycles. The Kier molecular flexibility index (Phi) is 6.04. The van der Waals surface area contributed by atoms with E-state index in [-0.39, 0.29) is 5.91 Å². The molecule has 2 fully saturated rings. The van der Waals surface area contributed by atoms with Crippen LogP contribution in [0.3, 0.4) is 0 Å². The molecule has 26 heavy (non-hydrogen) atoms. The van der Waals surface area contributed by atoms with Crippen molar-refractivity contribution in [1.82, 2.24) is 15.8 Å². The van der Waals surface area contributed by atoms with E-state index in [0.717, 1.165) is 25.9 Å². The summed E-state index contributed by atoms with van der Waals surface area (Å²) < 4.78 is 10.6. The van der Waals surface area contributed by atoms with Crippen LogP contribution >= 0.6 is 0 Å². The molecule has 1 amide bonds. The van der Waals surface area contributed by atoms with E-state index in [1.165, 1.54) is 6.42 Å². The molecule has 0 spiro atoms. The maximum Gasteiger partial charge on any atom is 0.257 e. The molecule has 1 aromatic rings. The van der Waals surface area contributed by atoms with Crippen LogP contribution in [0.15, 0.2) is 18.2 Å². The lowest BCUT2D eigenvalue weighted by Gasteiger charge is -2.35. The SMILES string of the molecule is COc1ccc(C(=O)N2CCC(C3CC(C(C)C)NN3)CC2)c(OC)c1. The van der Waals surface area contributed by atoms with Crippen LogP contribution in [0.4, 0.5) is 0 Å². The molecule has 144 valence electrons. The summed E-state index contributed by atoms with van der Waals surface area (Å²) in [6.45, 7) is 6.10. The van der Waals surface area contributed by atoms with Crippen LogP contribution in [0, 0.1) is 11.8 Å². The number of nitrogens with zero attached hydrogens (tertiary/aromatic N) is 1. The van der Waals surface area contributed by atoms with Crippen molar-refractivity contribution < 1.29 is 14.3 Å². The predicted molar refractivity (Wildman–Crippen MR) is 101 cm³/mol. The second kappa shape index (κ2) is 8.27. The number of carbonyl (C=O) groups excluding carboxylic acids is 1. The number of likely N-dealkylation sites (tertiary alicyclic amines) is 1. The van der Waals surface area contributed by atoms with Gasteiger partial charge in [0.2, 0.25) is 0 Å². The molecule has 2 atom stereocenters. The van der Waals surface area contributed by atoms with Crippen LogP contribution in [-0.4, -0.2) is 50.2 Å². The second-order valence-corrected chi connectivity index (χ2v) is 7.68. The highest BCUT2D eigenvalue weighted by atomic mass is 16.5. The summed E-state index contributed by atoms with van der Waals surface area (Å²) in [5.41, 5.74) is 7.51. The Balaban J connectivity index is 1.59. The van der Waals surface area contributed by atoms with Gasteiger partial charge in [-0.15, -0.1) is 0 Å². The molecule has 2 saturated heterocycles. The fourth-order valence-electron chi connectivity index (χ4n) is 4.01. The zero-order chi connectivity index (χ0) is 18.7. The van der Waals surface area contributed by atoms with E-state index < -0.39 is 0 Å². The molecule has 2 heterocycles. The number of ether oxygens (including phenoxy) is 2. The third-order valence-corrected chi connectivity index (χ3v) is 5.80. The molecule has 2 aliphatic rings. The van der Waals surface area contributed by atoms with Crippen molar-refractivity contribution in [3.63, 3.8) is 0 Å². The standard InChI is InChI=1S/C20H31N3O3/c1-13(2)17-12-18(22-21-17)14-7-9-23(10-8-14)20(24)16-6-5-15(25-3)11-19(16)26-4/h5-6,11,13-14,17-18,21-22H,7-10,12H2,1-4H3. The summed E-state index contributed by atoms with van der Waals surface area (Å²) in [7, 11) is 3.19. The molecular weight excluding hydrogens is 330 g/mol. The zero-order valence-corrected chi connectivity index (χ0v) is 16.2. The number of amides is 1. The van der Waals surface area contributed by atoms with Gasteiger partial charge in [0.25, 0.3) is 5.91 Å². The fraction of sp³-hybridized carbons (Fsp3) is 0.650. The quantitative estimate of drug-likeness (QED) is 0.843. The number of carbonyl (C=O) groups is 1. The van der Waals surface area contributed by atoms with Gasteiger partial charge in [0.15, 0.2) is 0 Å². The summed E-state index contributed by atoms with van der Waals surface area (Å²) in [4.78, 5) is 14.9. The lowest BCUT2D eigenvalue weighted by atomic mass is 9.85. The van der Waals surface area contributed by atoms with Crippen molar-refractivity contribution in [3.8, 4) is 11.5 Å². The van der Waals surface area contributed by atoms with Crippen molar-refractivity contribution in [3.05, 3.63) is 23.8 Å². The van der Waals surface area contributed by atoms with E-state index in [1.807, 2.05) is 11.0 Å². The number of rotatable bonds is 5. The maximum absolute atomic E-state index is 12.9. The highest BCUT2D eigenvalue weighted by Crippen LogP contribution is 2.30. The van der Waals surface area contributed by atoms with Crippen LogP contribution in [0.5, 0.6) is 11.5 Å². The van der Waals surface area contributed by atoms with Gasteiger partial charge in [-0.2, -0.15) is 0 Å². The molecule has 6 nitrogen and oxygen atoms in total. The minimum Gasteiger partial charge on any atom is -0.497 e. The minimum absolute atomic E-state index is 0.0421. The highest BCUT2D eigenvalue weighted by molar-refractivity contribution is 5.97. The van der Waals surface area contributed by atoms with Crippen LogP contribution < -0.4 is 20.3 Å². The Hall–Kier alpha value is -1.79. The third kappa shape index (κ3) is 3.96. The Morgan fingerprint density at radius 2 is 1.88 bits per heavy atom. The number of nitrogens with one attached hydrogen (secondary N) is 2. The third-order valence-electron chi connectivity index (χ3n) is 5.80. The summed E-state index contributed by atoms with van der Waals surface area (Å²) in [5, 5.41) is 0. The van der Waals surface area contributed by atoms with Gasteiger partial charge in [0.05, 0.1) is 19.8 Å². The smallest absolute Gasteiger partial charge is 0.257 e. The topological polar surface area (TPSA) is 62.8 Å². The lowest BCUT2D eigenvalue weighted by molar-refractivity contribution is 0.0669. The Labute approximate surface area is 156 Å². The van der Waals surface area contributed by atoms with Gasteiger partial charge < -0.3 is 14.4 Å². The van der Waals surface area contributed by atoms with Gasteiger partial charge >= 0.3 is 0 Å². The van der Waals surface area contributed by atoms with Gasteiger partial charge in [0, 0.05) is 31.2 Å². The Morgan fingerprint density at radius 3 is 2.46 bits per heavy atom. The first-order valence-electron chi connectivity index (χ1n) is 9.55. The molecule has 2 unspecified atom stereocenters. The fourth-order valence-corrected chi connectivity index (χ4v) is 4.01. The first kappa shape index (κ1) is 19.0. The molecule has 0 bridgehead atoms. The average Bonchev–Trinajstić information content (AvgIpc) is 3.17. The van der Waals surface area contributed by atoms with Gasteiger partial charge in [-0.25, -0.2) is 0 Å². The van der Waals surface area contributed by atoms with Crippen LogP contribution in [0.25, 0.3) is 0 Å².